The first-order chi connectivity index (χ1) is 15.5. The second-order valence-electron chi connectivity index (χ2n) is 7.55. The van der Waals surface area contributed by atoms with E-state index < -0.39 is 4.92 Å². The molecule has 5 heteroatoms. The summed E-state index contributed by atoms with van der Waals surface area (Å²) in [6.45, 7) is 4.03. The van der Waals surface area contributed by atoms with Gasteiger partial charge in [-0.25, -0.2) is 0 Å². The number of benzene rings is 3. The predicted molar refractivity (Wildman–Crippen MR) is 127 cm³/mol. The van der Waals surface area contributed by atoms with E-state index >= 15 is 0 Å². The van der Waals surface area contributed by atoms with Crippen LogP contribution in [0.4, 0.5) is 5.69 Å². The lowest BCUT2D eigenvalue weighted by Crippen LogP contribution is -1.99. The Bertz CT molecular complexity index is 1360. The molecule has 32 heavy (non-hydrogen) atoms. The molecule has 0 N–H and O–H groups in total. The zero-order valence-electron chi connectivity index (χ0n) is 17.8. The Morgan fingerprint density at radius 2 is 1.62 bits per heavy atom. The molecule has 4 rings (SSSR count). The summed E-state index contributed by atoms with van der Waals surface area (Å²) in [5, 5.41) is 20.8. The van der Waals surface area contributed by atoms with Crippen molar-refractivity contribution in [1.82, 2.24) is 4.57 Å². The molecule has 0 aliphatic rings. The van der Waals surface area contributed by atoms with Crippen LogP contribution < -0.4 is 0 Å². The highest BCUT2D eigenvalue weighted by atomic mass is 16.6. The molecular formula is C27H21N3O2. The summed E-state index contributed by atoms with van der Waals surface area (Å²) in [4.78, 5) is 10.6. The Morgan fingerprint density at radius 3 is 2.28 bits per heavy atom. The molecule has 1 aromatic heterocycles. The van der Waals surface area contributed by atoms with E-state index in [9.17, 15) is 15.4 Å². The first-order valence-corrected chi connectivity index (χ1v) is 10.2. The monoisotopic (exact) mass is 419 g/mol. The summed E-state index contributed by atoms with van der Waals surface area (Å²) >= 11 is 0. The number of hydrogen-bond acceptors (Lipinski definition) is 3. The third kappa shape index (κ3) is 4.07. The Labute approximate surface area is 186 Å². The van der Waals surface area contributed by atoms with Crippen molar-refractivity contribution in [3.8, 4) is 22.9 Å². The molecule has 0 aliphatic heterocycles. The largest absolute Gasteiger partial charge is 0.318 e. The third-order valence-corrected chi connectivity index (χ3v) is 5.49. The van der Waals surface area contributed by atoms with Crippen LogP contribution in [-0.2, 0) is 0 Å². The highest BCUT2D eigenvalue weighted by Crippen LogP contribution is 2.28. The Balaban J connectivity index is 1.71. The minimum atomic E-state index is -0.455. The van der Waals surface area contributed by atoms with Crippen LogP contribution in [0.5, 0.6) is 0 Å². The van der Waals surface area contributed by atoms with E-state index in [0.717, 1.165) is 28.2 Å². The summed E-state index contributed by atoms with van der Waals surface area (Å²) in [6, 6.07) is 28.9. The van der Waals surface area contributed by atoms with Crippen molar-refractivity contribution in [3.63, 3.8) is 0 Å². The summed E-state index contributed by atoms with van der Waals surface area (Å²) in [6.07, 6.45) is 1.79. The number of aromatic nitrogens is 1. The van der Waals surface area contributed by atoms with E-state index in [4.69, 9.17) is 0 Å². The van der Waals surface area contributed by atoms with Crippen molar-refractivity contribution in [2.75, 3.05) is 0 Å². The Morgan fingerprint density at radius 1 is 0.938 bits per heavy atom. The van der Waals surface area contributed by atoms with Crippen LogP contribution in [0.3, 0.4) is 0 Å². The Kier molecular flexibility index (Phi) is 5.69. The number of allylic oxidation sites excluding steroid dienone is 1. The van der Waals surface area contributed by atoms with Crippen LogP contribution >= 0.6 is 0 Å². The van der Waals surface area contributed by atoms with Gasteiger partial charge in [0.25, 0.3) is 5.69 Å². The van der Waals surface area contributed by atoms with Gasteiger partial charge in [-0.15, -0.1) is 0 Å². The van der Waals surface area contributed by atoms with E-state index in [1.807, 2.05) is 38.1 Å². The van der Waals surface area contributed by atoms with Gasteiger partial charge in [0.05, 0.1) is 16.6 Å². The van der Waals surface area contributed by atoms with Crippen LogP contribution in [-0.4, -0.2) is 9.49 Å². The lowest BCUT2D eigenvalue weighted by Gasteiger charge is -2.11. The minimum Gasteiger partial charge on any atom is -0.318 e. The SMILES string of the molecule is Cc1cc(C=C(C#N)c2cccc([N+](=O)[O-])c2)c(C)n1-c1ccc(-c2ccccc2)cc1. The van der Waals surface area contributed by atoms with Crippen molar-refractivity contribution in [3.05, 3.63) is 118 Å². The van der Waals surface area contributed by atoms with Crippen molar-refractivity contribution in [2.24, 2.45) is 0 Å². The van der Waals surface area contributed by atoms with Crippen LogP contribution in [0, 0.1) is 35.3 Å². The fraction of sp³-hybridized carbons (Fsp3) is 0.0741. The maximum atomic E-state index is 11.1. The molecule has 0 radical (unpaired) electrons. The number of nitro groups is 1. The Hall–Kier alpha value is -4.43. The smallest absolute Gasteiger partial charge is 0.270 e. The zero-order chi connectivity index (χ0) is 22.7. The summed E-state index contributed by atoms with van der Waals surface area (Å²) in [7, 11) is 0. The van der Waals surface area contributed by atoms with Crippen molar-refractivity contribution in [1.29, 1.82) is 5.26 Å². The van der Waals surface area contributed by atoms with E-state index in [1.165, 1.54) is 17.7 Å². The quantitative estimate of drug-likeness (QED) is 0.204. The van der Waals surface area contributed by atoms with E-state index in [-0.39, 0.29) is 5.69 Å². The molecular weight excluding hydrogens is 398 g/mol. The molecule has 0 bridgehead atoms. The molecule has 0 spiro atoms. The van der Waals surface area contributed by atoms with Gasteiger partial charge in [-0.05, 0) is 60.4 Å². The van der Waals surface area contributed by atoms with Crippen LogP contribution in [0.2, 0.25) is 0 Å². The molecule has 1 heterocycles. The van der Waals surface area contributed by atoms with Gasteiger partial charge in [0.2, 0.25) is 0 Å². The molecule has 0 saturated heterocycles. The van der Waals surface area contributed by atoms with Gasteiger partial charge in [0, 0.05) is 29.2 Å². The van der Waals surface area contributed by atoms with Gasteiger partial charge in [-0.2, -0.15) is 5.26 Å². The second-order valence-corrected chi connectivity index (χ2v) is 7.55. The van der Waals surface area contributed by atoms with Gasteiger partial charge >= 0.3 is 0 Å². The molecule has 0 aliphatic carbocycles. The normalized spacial score (nSPS) is 11.2. The number of aryl methyl sites for hydroxylation is 1. The predicted octanol–water partition coefficient (Wildman–Crippen LogP) is 6.73. The molecule has 0 amide bonds. The lowest BCUT2D eigenvalue weighted by atomic mass is 10.0. The van der Waals surface area contributed by atoms with Gasteiger partial charge in [-0.3, -0.25) is 10.1 Å². The van der Waals surface area contributed by atoms with Crippen LogP contribution in [0.15, 0.2) is 84.9 Å². The van der Waals surface area contributed by atoms with Crippen molar-refractivity contribution >= 4 is 17.3 Å². The maximum Gasteiger partial charge on any atom is 0.270 e. The van der Waals surface area contributed by atoms with Crippen molar-refractivity contribution < 1.29 is 4.92 Å². The summed E-state index contributed by atoms with van der Waals surface area (Å²) in [5.74, 6) is 0. The molecule has 0 fully saturated rings. The molecule has 156 valence electrons. The number of hydrogen-bond donors (Lipinski definition) is 0. The van der Waals surface area contributed by atoms with Gasteiger partial charge in [0.15, 0.2) is 0 Å². The highest BCUT2D eigenvalue weighted by molar-refractivity contribution is 5.90. The first-order valence-electron chi connectivity index (χ1n) is 10.2. The number of non-ortho nitro benzene ring substituents is 1. The second kappa shape index (κ2) is 8.75. The zero-order valence-corrected chi connectivity index (χ0v) is 17.8. The molecule has 4 aromatic rings. The average Bonchev–Trinajstić information content (AvgIpc) is 3.10. The number of nitro benzene ring substituents is 1. The van der Waals surface area contributed by atoms with E-state index in [1.54, 1.807) is 18.2 Å². The number of nitrogens with zero attached hydrogens (tertiary/aromatic N) is 3. The van der Waals surface area contributed by atoms with Crippen LogP contribution in [0.25, 0.3) is 28.5 Å². The average molecular weight is 419 g/mol. The molecule has 3 aromatic carbocycles. The maximum absolute atomic E-state index is 11.1. The standard InChI is InChI=1S/C27H21N3O2/c1-19-15-24(16-25(18-28)23-9-6-10-27(17-23)30(31)32)20(2)29(19)26-13-11-22(12-14-26)21-7-4-3-5-8-21/h3-17H,1-2H3. The fourth-order valence-corrected chi connectivity index (χ4v) is 3.89. The summed E-state index contributed by atoms with van der Waals surface area (Å²) < 4.78 is 2.14. The number of nitriles is 1. The topological polar surface area (TPSA) is 71.9 Å². The minimum absolute atomic E-state index is 0.0346. The molecule has 0 unspecified atom stereocenters. The molecule has 0 atom stereocenters. The van der Waals surface area contributed by atoms with E-state index in [2.05, 4.69) is 47.0 Å². The highest BCUT2D eigenvalue weighted by Gasteiger charge is 2.13. The van der Waals surface area contributed by atoms with E-state index in [0.29, 0.717) is 11.1 Å². The third-order valence-electron chi connectivity index (χ3n) is 5.49. The van der Waals surface area contributed by atoms with Crippen molar-refractivity contribution in [2.45, 2.75) is 13.8 Å². The van der Waals surface area contributed by atoms with Gasteiger partial charge in [-0.1, -0.05) is 54.6 Å². The lowest BCUT2D eigenvalue weighted by molar-refractivity contribution is -0.384. The first kappa shape index (κ1) is 20.8. The molecule has 0 saturated carbocycles. The van der Waals surface area contributed by atoms with Crippen LogP contribution in [0.1, 0.15) is 22.5 Å². The van der Waals surface area contributed by atoms with Gasteiger partial charge in [0.1, 0.15) is 0 Å². The van der Waals surface area contributed by atoms with Gasteiger partial charge < -0.3 is 4.57 Å². The number of rotatable bonds is 5. The summed E-state index contributed by atoms with van der Waals surface area (Å²) in [5.41, 5.74) is 7.16. The molecule has 5 nitrogen and oxygen atoms in total. The fourth-order valence-electron chi connectivity index (χ4n) is 3.89.